The fraction of sp³-hybridized carbons (Fsp3) is 1.00. The quantitative estimate of drug-likeness (QED) is 0.0456. The molecule has 0 atom stereocenters. The molecule has 0 unspecified atom stereocenters. The predicted octanol–water partition coefficient (Wildman–Crippen LogP) is 7.21. The molecule has 0 aromatic rings. The van der Waals surface area contributed by atoms with Gasteiger partial charge < -0.3 is 29.4 Å². The van der Waals surface area contributed by atoms with Gasteiger partial charge >= 0.3 is 0 Å². The minimum absolute atomic E-state index is 0.172. The minimum Gasteiger partial charge on any atom is -0.391 e. The Labute approximate surface area is 263 Å². The first-order valence-electron chi connectivity index (χ1n) is 18.7. The van der Waals surface area contributed by atoms with Crippen LogP contribution in [0.4, 0.5) is 0 Å². The zero-order valence-corrected chi connectivity index (χ0v) is 28.7. The van der Waals surface area contributed by atoms with Gasteiger partial charge in [0.15, 0.2) is 0 Å². The molecule has 0 aliphatic rings. The molecular formula is C36H78N2O4+2. The lowest BCUT2D eigenvalue weighted by atomic mass is 10.1. The van der Waals surface area contributed by atoms with E-state index in [9.17, 15) is 20.4 Å². The highest BCUT2D eigenvalue weighted by Gasteiger charge is 2.28. The summed E-state index contributed by atoms with van der Waals surface area (Å²) >= 11 is 0. The largest absolute Gasteiger partial charge is 0.391 e. The lowest BCUT2D eigenvalue weighted by Crippen LogP contribution is -2.54. The molecule has 0 saturated heterocycles. The Kier molecular flexibility index (Phi) is 30.6. The lowest BCUT2D eigenvalue weighted by Gasteiger charge is -2.40. The number of rotatable bonds is 35. The summed E-state index contributed by atoms with van der Waals surface area (Å²) in [6.07, 6.45) is 28.6. The van der Waals surface area contributed by atoms with E-state index in [1.165, 1.54) is 128 Å². The number of aliphatic hydroxyl groups is 4. The van der Waals surface area contributed by atoms with E-state index in [0.717, 1.165) is 74.2 Å². The second-order valence-electron chi connectivity index (χ2n) is 13.4. The second kappa shape index (κ2) is 30.8. The van der Waals surface area contributed by atoms with Crippen LogP contribution >= 0.6 is 0 Å². The first-order chi connectivity index (χ1) is 20.6. The molecule has 42 heavy (non-hydrogen) atoms. The van der Waals surface area contributed by atoms with Crippen LogP contribution in [0.5, 0.6) is 0 Å². The first-order valence-corrected chi connectivity index (χ1v) is 18.7. The Balaban J connectivity index is 4.58. The van der Waals surface area contributed by atoms with Gasteiger partial charge in [-0.05, 0) is 25.7 Å². The lowest BCUT2D eigenvalue weighted by molar-refractivity contribution is -0.935. The van der Waals surface area contributed by atoms with Gasteiger partial charge in [0.1, 0.15) is 26.2 Å². The van der Waals surface area contributed by atoms with Gasteiger partial charge in [-0.3, -0.25) is 0 Å². The SMILES string of the molecule is CCCCCCCCCCCC[N+](CCO)(CCO)CCCC[N+](CCO)(CCO)CCCCCCCCCCCC. The van der Waals surface area contributed by atoms with Crippen LogP contribution in [0.25, 0.3) is 0 Å². The Morgan fingerprint density at radius 1 is 0.262 bits per heavy atom. The Morgan fingerprint density at radius 3 is 0.667 bits per heavy atom. The van der Waals surface area contributed by atoms with E-state index in [4.69, 9.17) is 0 Å². The van der Waals surface area contributed by atoms with Crippen molar-refractivity contribution in [1.29, 1.82) is 0 Å². The maximum atomic E-state index is 9.88. The number of hydrogen-bond donors (Lipinski definition) is 4. The van der Waals surface area contributed by atoms with Crippen LogP contribution < -0.4 is 0 Å². The van der Waals surface area contributed by atoms with Crippen molar-refractivity contribution in [3.05, 3.63) is 0 Å². The molecule has 0 aromatic heterocycles. The minimum atomic E-state index is 0.172. The van der Waals surface area contributed by atoms with Gasteiger partial charge in [-0.25, -0.2) is 0 Å². The molecule has 0 aromatic carbocycles. The third-order valence-corrected chi connectivity index (χ3v) is 9.78. The molecule has 0 aliphatic heterocycles. The van der Waals surface area contributed by atoms with E-state index in [1.807, 2.05) is 0 Å². The summed E-state index contributed by atoms with van der Waals surface area (Å²) < 4.78 is 1.64. The van der Waals surface area contributed by atoms with Crippen molar-refractivity contribution < 1.29 is 29.4 Å². The molecule has 0 fully saturated rings. The van der Waals surface area contributed by atoms with Crippen LogP contribution in [-0.4, -0.2) is 108 Å². The molecule has 254 valence electrons. The van der Waals surface area contributed by atoms with Crippen molar-refractivity contribution in [3.8, 4) is 0 Å². The Hall–Kier alpha value is -0.240. The van der Waals surface area contributed by atoms with Crippen molar-refractivity contribution in [2.24, 2.45) is 0 Å². The first kappa shape index (κ1) is 41.8. The Morgan fingerprint density at radius 2 is 0.452 bits per heavy atom. The summed E-state index contributed by atoms with van der Waals surface area (Å²) in [4.78, 5) is 0. The van der Waals surface area contributed by atoms with Crippen molar-refractivity contribution in [2.45, 2.75) is 155 Å². The highest BCUT2D eigenvalue weighted by Crippen LogP contribution is 2.18. The highest BCUT2D eigenvalue weighted by molar-refractivity contribution is 4.54. The number of aliphatic hydroxyl groups excluding tert-OH is 4. The predicted molar refractivity (Wildman–Crippen MR) is 181 cm³/mol. The van der Waals surface area contributed by atoms with Crippen molar-refractivity contribution >= 4 is 0 Å². The summed E-state index contributed by atoms with van der Waals surface area (Å²) in [6.45, 7) is 12.2. The summed E-state index contributed by atoms with van der Waals surface area (Å²) in [6, 6.07) is 0. The van der Waals surface area contributed by atoms with Gasteiger partial charge in [0.05, 0.1) is 52.6 Å². The van der Waals surface area contributed by atoms with Gasteiger partial charge in [-0.1, -0.05) is 117 Å². The zero-order chi connectivity index (χ0) is 31.0. The van der Waals surface area contributed by atoms with E-state index >= 15 is 0 Å². The zero-order valence-electron chi connectivity index (χ0n) is 28.7. The number of nitrogens with zero attached hydrogens (tertiary/aromatic N) is 2. The highest BCUT2D eigenvalue weighted by atomic mass is 16.3. The van der Waals surface area contributed by atoms with Crippen LogP contribution in [-0.2, 0) is 0 Å². The normalized spacial score (nSPS) is 12.4. The van der Waals surface area contributed by atoms with E-state index in [0.29, 0.717) is 0 Å². The fourth-order valence-corrected chi connectivity index (χ4v) is 6.95. The second-order valence-corrected chi connectivity index (χ2v) is 13.4. The van der Waals surface area contributed by atoms with Gasteiger partial charge in [-0.15, -0.1) is 0 Å². The van der Waals surface area contributed by atoms with Crippen LogP contribution in [0.1, 0.15) is 155 Å². The molecule has 4 N–H and O–H groups in total. The molecule has 0 radical (unpaired) electrons. The number of quaternary nitrogens is 2. The summed E-state index contributed by atoms with van der Waals surface area (Å²) in [5.74, 6) is 0. The van der Waals surface area contributed by atoms with Crippen LogP contribution in [0.2, 0.25) is 0 Å². The Bertz CT molecular complexity index is 477. The molecule has 0 amide bonds. The average molecular weight is 603 g/mol. The summed E-state index contributed by atoms with van der Waals surface area (Å²) in [7, 11) is 0. The molecule has 0 saturated carbocycles. The van der Waals surface area contributed by atoms with Crippen molar-refractivity contribution in [2.75, 3.05) is 78.8 Å². The van der Waals surface area contributed by atoms with Gasteiger partial charge in [0, 0.05) is 12.8 Å². The molecule has 0 spiro atoms. The molecule has 0 bridgehead atoms. The van der Waals surface area contributed by atoms with E-state index in [-0.39, 0.29) is 26.4 Å². The molecule has 6 nitrogen and oxygen atoms in total. The van der Waals surface area contributed by atoms with Crippen molar-refractivity contribution in [1.82, 2.24) is 0 Å². The molecule has 6 heteroatoms. The fourth-order valence-electron chi connectivity index (χ4n) is 6.95. The summed E-state index contributed by atoms with van der Waals surface area (Å²) in [5.41, 5.74) is 0. The maximum absolute atomic E-state index is 9.88. The van der Waals surface area contributed by atoms with Crippen LogP contribution in [0, 0.1) is 0 Å². The van der Waals surface area contributed by atoms with E-state index < -0.39 is 0 Å². The van der Waals surface area contributed by atoms with Gasteiger partial charge in [0.25, 0.3) is 0 Å². The molecular weight excluding hydrogens is 524 g/mol. The average Bonchev–Trinajstić information content (AvgIpc) is 2.98. The molecule has 0 heterocycles. The third-order valence-electron chi connectivity index (χ3n) is 9.78. The smallest absolute Gasteiger partial charge is 0.102 e. The molecule has 0 aliphatic carbocycles. The molecule has 0 rings (SSSR count). The van der Waals surface area contributed by atoms with Crippen molar-refractivity contribution in [3.63, 3.8) is 0 Å². The van der Waals surface area contributed by atoms with E-state index in [2.05, 4.69) is 13.8 Å². The van der Waals surface area contributed by atoms with E-state index in [1.54, 1.807) is 0 Å². The summed E-state index contributed by atoms with van der Waals surface area (Å²) in [5, 5.41) is 39.5. The topological polar surface area (TPSA) is 80.9 Å². The van der Waals surface area contributed by atoms with Gasteiger partial charge in [0.2, 0.25) is 0 Å². The number of unbranched alkanes of at least 4 members (excludes halogenated alkanes) is 19. The number of hydrogen-bond acceptors (Lipinski definition) is 4. The standard InChI is InChI=1S/C36H78N2O4/c1-3-5-7-9-11-13-15-17-19-21-25-37(29-33-39,30-34-40)27-23-24-28-38(31-35-41,32-36-42)26-22-20-18-16-14-12-10-8-6-4-2/h39-42H,3-36H2,1-2H3/q+2. The third kappa shape index (κ3) is 23.2. The van der Waals surface area contributed by atoms with Crippen LogP contribution in [0.3, 0.4) is 0 Å². The maximum Gasteiger partial charge on any atom is 0.102 e. The monoisotopic (exact) mass is 603 g/mol. The van der Waals surface area contributed by atoms with Crippen LogP contribution in [0.15, 0.2) is 0 Å². The van der Waals surface area contributed by atoms with Gasteiger partial charge in [-0.2, -0.15) is 0 Å².